The van der Waals surface area contributed by atoms with Gasteiger partial charge in [-0.25, -0.2) is 0 Å². The van der Waals surface area contributed by atoms with E-state index in [2.05, 4.69) is 63.8 Å². The molecule has 16 heavy (non-hydrogen) atoms. The lowest BCUT2D eigenvalue weighted by Gasteiger charge is -2.13. The van der Waals surface area contributed by atoms with Gasteiger partial charge in [0.2, 0.25) is 0 Å². The lowest BCUT2D eigenvalue weighted by atomic mass is 10.0. The van der Waals surface area contributed by atoms with E-state index in [4.69, 9.17) is 0 Å². The molecule has 0 radical (unpaired) electrons. The Kier molecular flexibility index (Phi) is 8.93. The van der Waals surface area contributed by atoms with E-state index in [1.165, 1.54) is 25.2 Å². The molecule has 0 amide bonds. The topological polar surface area (TPSA) is 3.24 Å². The van der Waals surface area contributed by atoms with E-state index in [0.29, 0.717) is 5.92 Å². The molecule has 0 unspecified atom stereocenters. The first-order valence-corrected chi connectivity index (χ1v) is 6.42. The van der Waals surface area contributed by atoms with Crippen LogP contribution < -0.4 is 0 Å². The van der Waals surface area contributed by atoms with Gasteiger partial charge in [-0.15, -0.1) is 0 Å². The van der Waals surface area contributed by atoms with Crippen LogP contribution in [0.5, 0.6) is 0 Å². The molecular weight excluding hydrogens is 194 g/mol. The summed E-state index contributed by atoms with van der Waals surface area (Å²) in [5.74, 6) is 0.659. The van der Waals surface area contributed by atoms with Crippen LogP contribution in [0.15, 0.2) is 30.3 Å². The third-order valence-corrected chi connectivity index (χ3v) is 2.81. The second-order valence-corrected chi connectivity index (χ2v) is 4.18. The zero-order valence-electron chi connectivity index (χ0n) is 11.5. The third-order valence-electron chi connectivity index (χ3n) is 2.81. The van der Waals surface area contributed by atoms with Crippen molar-refractivity contribution < 1.29 is 0 Å². The van der Waals surface area contributed by atoms with Crippen molar-refractivity contribution in [1.82, 2.24) is 4.90 Å². The molecule has 1 aromatic carbocycles. The molecule has 0 aliphatic rings. The van der Waals surface area contributed by atoms with Gasteiger partial charge in [-0.1, -0.05) is 65.0 Å². The zero-order chi connectivity index (χ0) is 12.4. The molecule has 0 aromatic heterocycles. The van der Waals surface area contributed by atoms with Crippen LogP contribution in [-0.2, 0) is 0 Å². The van der Waals surface area contributed by atoms with Crippen LogP contribution in [0.25, 0.3) is 0 Å². The summed E-state index contributed by atoms with van der Waals surface area (Å²) in [7, 11) is 0. The fourth-order valence-corrected chi connectivity index (χ4v) is 1.51. The standard InChI is InChI=1S/C9H12.C6H15N/c1-8(2)9-6-4-3-5-7-9;1-4-7(5-2)6-3/h3-8H,1-2H3;4-6H2,1-3H3. The van der Waals surface area contributed by atoms with E-state index >= 15 is 0 Å². The Morgan fingerprint density at radius 3 is 1.50 bits per heavy atom. The number of nitrogens with zero attached hydrogens (tertiary/aromatic N) is 1. The number of rotatable bonds is 4. The van der Waals surface area contributed by atoms with Gasteiger partial charge in [0.1, 0.15) is 0 Å². The van der Waals surface area contributed by atoms with Crippen molar-refractivity contribution in [2.24, 2.45) is 0 Å². The van der Waals surface area contributed by atoms with Crippen molar-refractivity contribution in [2.75, 3.05) is 19.6 Å². The van der Waals surface area contributed by atoms with Gasteiger partial charge in [-0.2, -0.15) is 0 Å². The van der Waals surface area contributed by atoms with E-state index < -0.39 is 0 Å². The molecule has 0 atom stereocenters. The second-order valence-electron chi connectivity index (χ2n) is 4.18. The first-order valence-electron chi connectivity index (χ1n) is 6.42. The summed E-state index contributed by atoms with van der Waals surface area (Å²) in [5.41, 5.74) is 1.41. The summed E-state index contributed by atoms with van der Waals surface area (Å²) < 4.78 is 0. The summed E-state index contributed by atoms with van der Waals surface area (Å²) in [6.07, 6.45) is 0. The molecule has 0 heterocycles. The fourth-order valence-electron chi connectivity index (χ4n) is 1.51. The lowest BCUT2D eigenvalue weighted by Crippen LogP contribution is -2.21. The van der Waals surface area contributed by atoms with Crippen LogP contribution in [0.3, 0.4) is 0 Å². The molecule has 0 saturated heterocycles. The molecule has 0 spiro atoms. The van der Waals surface area contributed by atoms with Gasteiger partial charge < -0.3 is 4.90 Å². The Bertz CT molecular complexity index is 231. The smallest absolute Gasteiger partial charge is 0.00474 e. The maximum Gasteiger partial charge on any atom is -0.00474 e. The van der Waals surface area contributed by atoms with Crippen LogP contribution in [0.2, 0.25) is 0 Å². The minimum absolute atomic E-state index is 0.659. The molecule has 0 bridgehead atoms. The average Bonchev–Trinajstić information content (AvgIpc) is 2.33. The minimum atomic E-state index is 0.659. The molecular formula is C15H27N. The van der Waals surface area contributed by atoms with Crippen LogP contribution in [0, 0.1) is 0 Å². The monoisotopic (exact) mass is 221 g/mol. The Balaban J connectivity index is 0.000000293. The molecule has 1 heteroatoms. The third kappa shape index (κ3) is 6.62. The molecule has 0 fully saturated rings. The Hall–Kier alpha value is -0.820. The number of benzene rings is 1. The maximum atomic E-state index is 2.38. The molecule has 0 aliphatic carbocycles. The van der Waals surface area contributed by atoms with E-state index in [1.807, 2.05) is 6.07 Å². The predicted molar refractivity (Wildman–Crippen MR) is 74.0 cm³/mol. The van der Waals surface area contributed by atoms with Gasteiger partial charge in [0.05, 0.1) is 0 Å². The molecule has 92 valence electrons. The van der Waals surface area contributed by atoms with Crippen LogP contribution >= 0.6 is 0 Å². The quantitative estimate of drug-likeness (QED) is 0.738. The second kappa shape index (κ2) is 9.41. The van der Waals surface area contributed by atoms with Crippen LogP contribution in [0.1, 0.15) is 46.1 Å². The van der Waals surface area contributed by atoms with Gasteiger partial charge >= 0.3 is 0 Å². The fraction of sp³-hybridized carbons (Fsp3) is 0.600. The van der Waals surface area contributed by atoms with Crippen molar-refractivity contribution in [3.8, 4) is 0 Å². The van der Waals surface area contributed by atoms with Crippen molar-refractivity contribution in [3.05, 3.63) is 35.9 Å². The molecule has 1 rings (SSSR count). The highest BCUT2D eigenvalue weighted by Gasteiger charge is 1.93. The Labute approximate surface area is 101 Å². The molecule has 0 N–H and O–H groups in total. The normalized spacial score (nSPS) is 10.2. The Morgan fingerprint density at radius 2 is 1.31 bits per heavy atom. The maximum absolute atomic E-state index is 2.38. The number of hydrogen-bond acceptors (Lipinski definition) is 1. The minimum Gasteiger partial charge on any atom is -0.304 e. The van der Waals surface area contributed by atoms with Gasteiger partial charge in [-0.05, 0) is 31.1 Å². The van der Waals surface area contributed by atoms with Gasteiger partial charge in [0.15, 0.2) is 0 Å². The molecule has 0 saturated carbocycles. The summed E-state index contributed by atoms with van der Waals surface area (Å²) in [5, 5.41) is 0. The SMILES string of the molecule is CC(C)c1ccccc1.CCN(CC)CC. The largest absolute Gasteiger partial charge is 0.304 e. The van der Waals surface area contributed by atoms with Crippen LogP contribution in [0.4, 0.5) is 0 Å². The van der Waals surface area contributed by atoms with Gasteiger partial charge in [0.25, 0.3) is 0 Å². The van der Waals surface area contributed by atoms with Gasteiger partial charge in [-0.3, -0.25) is 0 Å². The highest BCUT2D eigenvalue weighted by atomic mass is 15.1. The summed E-state index contributed by atoms with van der Waals surface area (Å²) >= 11 is 0. The van der Waals surface area contributed by atoms with Crippen molar-refractivity contribution >= 4 is 0 Å². The summed E-state index contributed by atoms with van der Waals surface area (Å²) in [6, 6.07) is 10.5. The zero-order valence-corrected chi connectivity index (χ0v) is 11.5. The van der Waals surface area contributed by atoms with Crippen LogP contribution in [-0.4, -0.2) is 24.5 Å². The van der Waals surface area contributed by atoms with Crippen molar-refractivity contribution in [3.63, 3.8) is 0 Å². The number of hydrogen-bond donors (Lipinski definition) is 0. The predicted octanol–water partition coefficient (Wildman–Crippen LogP) is 4.16. The van der Waals surface area contributed by atoms with E-state index in [1.54, 1.807) is 0 Å². The van der Waals surface area contributed by atoms with Crippen molar-refractivity contribution in [1.29, 1.82) is 0 Å². The first-order chi connectivity index (χ1) is 7.65. The van der Waals surface area contributed by atoms with E-state index in [-0.39, 0.29) is 0 Å². The summed E-state index contributed by atoms with van der Waals surface area (Å²) in [4.78, 5) is 2.38. The highest BCUT2D eigenvalue weighted by Crippen LogP contribution is 2.11. The van der Waals surface area contributed by atoms with Crippen molar-refractivity contribution in [2.45, 2.75) is 40.5 Å². The lowest BCUT2D eigenvalue weighted by molar-refractivity contribution is 0.321. The average molecular weight is 221 g/mol. The Morgan fingerprint density at radius 1 is 0.875 bits per heavy atom. The molecule has 1 aromatic rings. The van der Waals surface area contributed by atoms with E-state index in [0.717, 1.165) is 0 Å². The molecule has 0 aliphatic heterocycles. The molecule has 1 nitrogen and oxygen atoms in total. The summed E-state index contributed by atoms with van der Waals surface area (Å²) in [6.45, 7) is 14.5. The van der Waals surface area contributed by atoms with E-state index in [9.17, 15) is 0 Å². The highest BCUT2D eigenvalue weighted by molar-refractivity contribution is 5.17. The van der Waals surface area contributed by atoms with Gasteiger partial charge in [0, 0.05) is 0 Å². The first kappa shape index (κ1) is 15.2.